The fourth-order valence-electron chi connectivity index (χ4n) is 5.88. The van der Waals surface area contributed by atoms with Gasteiger partial charge in [-0.3, -0.25) is 19.9 Å². The summed E-state index contributed by atoms with van der Waals surface area (Å²) in [4.78, 5) is 17.8. The van der Waals surface area contributed by atoms with Crippen molar-refractivity contribution in [3.05, 3.63) is 87.3 Å². The van der Waals surface area contributed by atoms with E-state index in [1.165, 1.54) is 31.2 Å². The Morgan fingerprint density at radius 1 is 1.06 bits per heavy atom. The number of aromatic nitrogens is 3. The Bertz CT molecular complexity index is 2040. The van der Waals surface area contributed by atoms with Gasteiger partial charge in [0.15, 0.2) is 5.82 Å². The third kappa shape index (κ3) is 8.21. The lowest BCUT2D eigenvalue weighted by molar-refractivity contribution is -0.141. The van der Waals surface area contributed by atoms with Crippen LogP contribution in [-0.4, -0.2) is 51.2 Å². The second-order valence-corrected chi connectivity index (χ2v) is 12.2. The van der Waals surface area contributed by atoms with Gasteiger partial charge >= 0.3 is 12.4 Å². The third-order valence-corrected chi connectivity index (χ3v) is 8.26. The van der Waals surface area contributed by atoms with Gasteiger partial charge in [-0.15, -0.1) is 0 Å². The minimum atomic E-state index is -5.24. The number of allylic oxidation sites excluding steroid dienone is 2. The molecule has 272 valence electrons. The molecule has 2 aromatic heterocycles. The molecule has 0 radical (unpaired) electrons. The van der Waals surface area contributed by atoms with Gasteiger partial charge in [-0.05, 0) is 49.6 Å². The Labute approximate surface area is 287 Å². The molecule has 1 aliphatic rings. The number of benzene rings is 2. The SMILES string of the molecule is Cc1ccc(-c2ccc(Cl)c3c(N)nn(CC(F)(F)F)c23)c([C@H](Cc2cc(F)cc(F)c2)NC(=O)CNC2=C(C(=N)C(F)(F)F)CCC2(F)F)n1. The third-order valence-electron chi connectivity index (χ3n) is 7.95. The van der Waals surface area contributed by atoms with Crippen LogP contribution in [0.25, 0.3) is 22.0 Å². The number of hydrogen-bond donors (Lipinski definition) is 4. The lowest BCUT2D eigenvalue weighted by Gasteiger charge is -2.24. The van der Waals surface area contributed by atoms with Crippen molar-refractivity contribution in [2.45, 2.75) is 57.0 Å². The highest BCUT2D eigenvalue weighted by Crippen LogP contribution is 2.42. The van der Waals surface area contributed by atoms with Gasteiger partial charge in [0.1, 0.15) is 23.9 Å². The molecule has 0 aliphatic heterocycles. The second kappa shape index (κ2) is 13.7. The van der Waals surface area contributed by atoms with Crippen molar-refractivity contribution >= 4 is 39.9 Å². The van der Waals surface area contributed by atoms with Crippen molar-refractivity contribution in [3.63, 3.8) is 0 Å². The molecule has 0 saturated carbocycles. The molecule has 1 amide bonds. The monoisotopic (exact) mass is 749 g/mol. The topological polar surface area (TPSA) is 122 Å². The molecule has 4 aromatic rings. The van der Waals surface area contributed by atoms with Gasteiger partial charge in [0.25, 0.3) is 5.92 Å². The first-order valence-corrected chi connectivity index (χ1v) is 15.3. The van der Waals surface area contributed by atoms with E-state index in [9.17, 15) is 48.7 Å². The number of alkyl halides is 8. The van der Waals surface area contributed by atoms with Crippen LogP contribution in [0, 0.1) is 24.0 Å². The second-order valence-electron chi connectivity index (χ2n) is 11.7. The summed E-state index contributed by atoms with van der Waals surface area (Å²) in [6.07, 6.45) is -12.2. The highest BCUT2D eigenvalue weighted by Gasteiger charge is 2.48. The Hall–Kier alpha value is -4.87. The highest BCUT2D eigenvalue weighted by molar-refractivity contribution is 6.37. The summed E-state index contributed by atoms with van der Waals surface area (Å²) in [5, 5.41) is 15.6. The van der Waals surface area contributed by atoms with Gasteiger partial charge in [-0.1, -0.05) is 23.7 Å². The number of carbonyl (C=O) groups is 1. The number of nitrogens with zero attached hydrogens (tertiary/aromatic N) is 3. The lowest BCUT2D eigenvalue weighted by atomic mass is 9.93. The van der Waals surface area contributed by atoms with Crippen LogP contribution in [0.3, 0.4) is 0 Å². The molecule has 1 atom stereocenters. The predicted octanol–water partition coefficient (Wildman–Crippen LogP) is 7.74. The number of aryl methyl sites for hydroxylation is 1. The van der Waals surface area contributed by atoms with E-state index in [1.54, 1.807) is 0 Å². The van der Waals surface area contributed by atoms with E-state index in [-0.39, 0.29) is 44.1 Å². The largest absolute Gasteiger partial charge is 0.433 e. The fraction of sp³-hybridized carbons (Fsp3) is 0.312. The molecule has 5 rings (SSSR count). The highest BCUT2D eigenvalue weighted by atomic mass is 35.5. The molecule has 8 nitrogen and oxygen atoms in total. The zero-order chi connectivity index (χ0) is 37.6. The number of pyridine rings is 1. The van der Waals surface area contributed by atoms with Crippen molar-refractivity contribution < 1.29 is 48.7 Å². The summed E-state index contributed by atoms with van der Waals surface area (Å²) >= 11 is 6.31. The number of rotatable bonds is 10. The van der Waals surface area contributed by atoms with Crippen LogP contribution in [-0.2, 0) is 17.8 Å². The van der Waals surface area contributed by atoms with Crippen molar-refractivity contribution in [3.8, 4) is 11.1 Å². The number of halogens is 11. The lowest BCUT2D eigenvalue weighted by Crippen LogP contribution is -2.40. The average Bonchev–Trinajstić information content (AvgIpc) is 3.48. The maximum absolute atomic E-state index is 14.6. The number of carbonyl (C=O) groups excluding carboxylic acids is 1. The van der Waals surface area contributed by atoms with Crippen molar-refractivity contribution in [2.75, 3.05) is 12.3 Å². The number of anilines is 1. The molecule has 1 aliphatic carbocycles. The number of amides is 1. The smallest absolute Gasteiger partial charge is 0.382 e. The summed E-state index contributed by atoms with van der Waals surface area (Å²) in [5.74, 6) is -7.22. The first-order valence-electron chi connectivity index (χ1n) is 14.9. The molecule has 2 heterocycles. The predicted molar refractivity (Wildman–Crippen MR) is 167 cm³/mol. The number of nitrogen functional groups attached to an aromatic ring is 1. The summed E-state index contributed by atoms with van der Waals surface area (Å²) in [7, 11) is 0. The molecule has 0 saturated heterocycles. The van der Waals surface area contributed by atoms with Crippen molar-refractivity contribution in [1.29, 1.82) is 5.41 Å². The quantitative estimate of drug-likeness (QED) is 0.0977. The van der Waals surface area contributed by atoms with Crippen LogP contribution in [0.15, 0.2) is 53.7 Å². The minimum Gasteiger partial charge on any atom is -0.382 e. The standard InChI is InChI=1S/C32H26ClF10N7O/c1-14-2-3-18(19-4-5-21(33)24-26(19)50(49-29(24)45)13-31(38,39)40)25(47-14)22(10-15-8-16(34)11-17(35)9-15)48-23(51)12-46-28-20(6-7-30(28,36)37)27(44)32(41,42)43/h2-5,8-9,11,22,44,46H,6-7,10,12-13H2,1H3,(H2,45,49)(H,48,51)/t22-/m0/s1. The molecule has 0 fully saturated rings. The fourth-order valence-corrected chi connectivity index (χ4v) is 6.13. The molecule has 0 spiro atoms. The van der Waals surface area contributed by atoms with Gasteiger partial charge in [0.2, 0.25) is 5.91 Å². The molecule has 51 heavy (non-hydrogen) atoms. The Balaban J connectivity index is 1.60. The van der Waals surface area contributed by atoms with E-state index in [4.69, 9.17) is 22.7 Å². The first-order chi connectivity index (χ1) is 23.6. The minimum absolute atomic E-state index is 0.0291. The summed E-state index contributed by atoms with van der Waals surface area (Å²) < 4.78 is 139. The zero-order valence-electron chi connectivity index (χ0n) is 26.1. The van der Waals surface area contributed by atoms with E-state index in [0.29, 0.717) is 16.4 Å². The molecule has 0 bridgehead atoms. The van der Waals surface area contributed by atoms with Gasteiger partial charge in [-0.25, -0.2) is 8.78 Å². The molecule has 19 heteroatoms. The molecule has 2 aromatic carbocycles. The molecular formula is C32H26ClF10N7O. The van der Waals surface area contributed by atoms with Crippen LogP contribution in [0.4, 0.5) is 49.7 Å². The van der Waals surface area contributed by atoms with Crippen LogP contribution in [0.5, 0.6) is 0 Å². The Kier molecular flexibility index (Phi) is 10.0. The summed E-state index contributed by atoms with van der Waals surface area (Å²) in [5.41, 5.74) is 1.89. The van der Waals surface area contributed by atoms with Crippen LogP contribution in [0.2, 0.25) is 5.02 Å². The first kappa shape index (κ1) is 37.4. The zero-order valence-corrected chi connectivity index (χ0v) is 26.9. The Morgan fingerprint density at radius 2 is 1.71 bits per heavy atom. The van der Waals surface area contributed by atoms with Gasteiger partial charge in [0.05, 0.1) is 39.9 Å². The molecule has 0 unspecified atom stereocenters. The number of nitrogens with two attached hydrogens (primary N) is 1. The number of hydrogen-bond acceptors (Lipinski definition) is 6. The molecular weight excluding hydrogens is 724 g/mol. The normalized spacial score (nSPS) is 15.4. The maximum atomic E-state index is 14.6. The van der Waals surface area contributed by atoms with E-state index in [2.05, 4.69) is 15.4 Å². The van der Waals surface area contributed by atoms with Crippen molar-refractivity contribution in [2.24, 2.45) is 0 Å². The number of fused-ring (bicyclic) bond motifs is 1. The van der Waals surface area contributed by atoms with Gasteiger partial charge in [-0.2, -0.15) is 40.2 Å². The summed E-state index contributed by atoms with van der Waals surface area (Å²) in [6.45, 7) is -1.08. The maximum Gasteiger partial charge on any atom is 0.433 e. The van der Waals surface area contributed by atoms with Crippen LogP contribution >= 0.6 is 11.6 Å². The van der Waals surface area contributed by atoms with Gasteiger partial charge in [0, 0.05) is 34.9 Å². The van der Waals surface area contributed by atoms with Crippen LogP contribution < -0.4 is 16.4 Å². The van der Waals surface area contributed by atoms with Crippen LogP contribution in [0.1, 0.15) is 35.8 Å². The number of nitrogens with one attached hydrogen (secondary N) is 3. The van der Waals surface area contributed by atoms with Gasteiger partial charge < -0.3 is 16.4 Å². The average molecular weight is 750 g/mol. The van der Waals surface area contributed by atoms with E-state index >= 15 is 0 Å². The Morgan fingerprint density at radius 3 is 2.33 bits per heavy atom. The van der Waals surface area contributed by atoms with E-state index in [0.717, 1.165) is 12.1 Å². The summed E-state index contributed by atoms with van der Waals surface area (Å²) in [6, 6.07) is 6.71. The van der Waals surface area contributed by atoms with E-state index < -0.39 is 91.2 Å². The van der Waals surface area contributed by atoms with Crippen molar-refractivity contribution in [1.82, 2.24) is 25.4 Å². The van der Waals surface area contributed by atoms with E-state index in [1.807, 2.05) is 5.32 Å². The molecule has 5 N–H and O–H groups in total.